The van der Waals surface area contributed by atoms with Crippen molar-refractivity contribution >= 4 is 23.4 Å². The minimum atomic E-state index is -0.949. The van der Waals surface area contributed by atoms with E-state index in [1.165, 1.54) is 0 Å². The van der Waals surface area contributed by atoms with Gasteiger partial charge in [0.1, 0.15) is 0 Å². The Morgan fingerprint density at radius 1 is 1.07 bits per heavy atom. The second-order valence-electron chi connectivity index (χ2n) is 7.14. The molecule has 0 atom stereocenters. The summed E-state index contributed by atoms with van der Waals surface area (Å²) in [5, 5.41) is 9.59. The number of aromatic nitrogens is 1. The highest BCUT2D eigenvalue weighted by molar-refractivity contribution is 6.35. The highest BCUT2D eigenvalue weighted by atomic mass is 35.5. The number of carbonyl (C=O) groups is 2. The Kier molecular flexibility index (Phi) is 4.82. The number of carbonyl (C=O) groups excluding carboxylic acids is 1. The highest BCUT2D eigenvalue weighted by Crippen LogP contribution is 2.34. The fourth-order valence-electron chi connectivity index (χ4n) is 3.95. The number of rotatable bonds is 4. The third kappa shape index (κ3) is 3.14. The van der Waals surface area contributed by atoms with Gasteiger partial charge in [0.05, 0.1) is 16.3 Å². The second kappa shape index (κ2) is 7.28. The molecule has 1 N–H and O–H groups in total. The van der Waals surface area contributed by atoms with E-state index in [0.717, 1.165) is 48.2 Å². The molecule has 4 rings (SSSR count). The van der Waals surface area contributed by atoms with Gasteiger partial charge < -0.3 is 9.67 Å². The molecule has 28 heavy (non-hydrogen) atoms. The average Bonchev–Trinajstić information content (AvgIpc) is 3.07. The molecular weight excluding hydrogens is 374 g/mol. The molecular formula is C23H20ClNO3. The predicted octanol–water partition coefficient (Wildman–Crippen LogP) is 5.38. The van der Waals surface area contributed by atoms with Gasteiger partial charge >= 0.3 is 5.97 Å². The van der Waals surface area contributed by atoms with Crippen LogP contribution in [0.2, 0.25) is 5.02 Å². The van der Waals surface area contributed by atoms with E-state index < -0.39 is 5.97 Å². The molecule has 142 valence electrons. The SMILES string of the molecule is Cc1cccc(Cl)c1C(=O)c1cc(-c2ccc(C(=O)O)cc2)c2n1CCCC2. The number of benzene rings is 2. The topological polar surface area (TPSA) is 59.3 Å². The summed E-state index contributed by atoms with van der Waals surface area (Å²) in [5.41, 5.74) is 5.33. The van der Waals surface area contributed by atoms with E-state index in [-0.39, 0.29) is 11.3 Å². The fraction of sp³-hybridized carbons (Fsp3) is 0.217. The van der Waals surface area contributed by atoms with Crippen LogP contribution in [-0.4, -0.2) is 21.4 Å². The van der Waals surface area contributed by atoms with E-state index in [1.807, 2.05) is 37.3 Å². The van der Waals surface area contributed by atoms with Crippen LogP contribution in [0.15, 0.2) is 48.5 Å². The lowest BCUT2D eigenvalue weighted by atomic mass is 9.99. The first-order valence-corrected chi connectivity index (χ1v) is 9.71. The zero-order chi connectivity index (χ0) is 19.8. The maximum atomic E-state index is 13.4. The largest absolute Gasteiger partial charge is 0.478 e. The molecule has 4 nitrogen and oxygen atoms in total. The molecule has 0 saturated heterocycles. The Balaban J connectivity index is 1.84. The third-order valence-corrected chi connectivity index (χ3v) is 5.69. The lowest BCUT2D eigenvalue weighted by Crippen LogP contribution is -2.17. The zero-order valence-corrected chi connectivity index (χ0v) is 16.3. The van der Waals surface area contributed by atoms with Crippen LogP contribution in [0, 0.1) is 6.92 Å². The summed E-state index contributed by atoms with van der Waals surface area (Å²) in [5.74, 6) is -1.02. The van der Waals surface area contributed by atoms with E-state index in [0.29, 0.717) is 16.3 Å². The van der Waals surface area contributed by atoms with E-state index in [9.17, 15) is 9.59 Å². The van der Waals surface area contributed by atoms with Crippen molar-refractivity contribution in [2.24, 2.45) is 0 Å². The van der Waals surface area contributed by atoms with Gasteiger partial charge in [-0.25, -0.2) is 4.79 Å². The molecule has 0 aliphatic carbocycles. The van der Waals surface area contributed by atoms with E-state index in [2.05, 4.69) is 4.57 Å². The van der Waals surface area contributed by atoms with Crippen molar-refractivity contribution in [3.63, 3.8) is 0 Å². The van der Waals surface area contributed by atoms with Crippen LogP contribution in [0.5, 0.6) is 0 Å². The maximum absolute atomic E-state index is 13.4. The van der Waals surface area contributed by atoms with Crippen LogP contribution >= 0.6 is 11.6 Å². The monoisotopic (exact) mass is 393 g/mol. The van der Waals surface area contributed by atoms with Crippen molar-refractivity contribution in [1.82, 2.24) is 4.57 Å². The minimum Gasteiger partial charge on any atom is -0.478 e. The number of ketones is 1. The van der Waals surface area contributed by atoms with E-state index in [1.54, 1.807) is 18.2 Å². The number of carboxylic acids is 1. The van der Waals surface area contributed by atoms with Gasteiger partial charge in [-0.2, -0.15) is 0 Å². The van der Waals surface area contributed by atoms with Crippen molar-refractivity contribution < 1.29 is 14.7 Å². The van der Waals surface area contributed by atoms with Gasteiger partial charge in [0, 0.05) is 23.4 Å². The summed E-state index contributed by atoms with van der Waals surface area (Å²) < 4.78 is 2.11. The number of aryl methyl sites for hydroxylation is 1. The molecule has 1 aromatic heterocycles. The lowest BCUT2D eigenvalue weighted by Gasteiger charge is -2.19. The van der Waals surface area contributed by atoms with E-state index >= 15 is 0 Å². The summed E-state index contributed by atoms with van der Waals surface area (Å²) in [4.78, 5) is 24.5. The van der Waals surface area contributed by atoms with Crippen LogP contribution in [0.1, 0.15) is 50.5 Å². The molecule has 0 spiro atoms. The van der Waals surface area contributed by atoms with Crippen LogP contribution in [0.4, 0.5) is 0 Å². The number of hydrogen-bond donors (Lipinski definition) is 1. The first kappa shape index (κ1) is 18.5. The van der Waals surface area contributed by atoms with E-state index in [4.69, 9.17) is 16.7 Å². The van der Waals surface area contributed by atoms with Crippen molar-refractivity contribution in [2.75, 3.05) is 0 Å². The van der Waals surface area contributed by atoms with Crippen LogP contribution < -0.4 is 0 Å². The normalized spacial score (nSPS) is 13.2. The number of fused-ring (bicyclic) bond motifs is 1. The second-order valence-corrected chi connectivity index (χ2v) is 7.55. The first-order valence-electron chi connectivity index (χ1n) is 9.33. The zero-order valence-electron chi connectivity index (χ0n) is 15.5. The molecule has 1 aliphatic heterocycles. The minimum absolute atomic E-state index is 0.0698. The number of halogens is 1. The fourth-order valence-corrected chi connectivity index (χ4v) is 4.26. The summed E-state index contributed by atoms with van der Waals surface area (Å²) in [7, 11) is 0. The van der Waals surface area contributed by atoms with Gasteiger partial charge in [-0.3, -0.25) is 4.79 Å². The molecule has 5 heteroatoms. The molecule has 1 aliphatic rings. The average molecular weight is 394 g/mol. The molecule has 0 bridgehead atoms. The molecule has 0 unspecified atom stereocenters. The smallest absolute Gasteiger partial charge is 0.335 e. The number of hydrogen-bond acceptors (Lipinski definition) is 2. The maximum Gasteiger partial charge on any atom is 0.335 e. The Hall–Kier alpha value is -2.85. The van der Waals surface area contributed by atoms with Crippen molar-refractivity contribution in [3.05, 3.63) is 81.6 Å². The summed E-state index contributed by atoms with van der Waals surface area (Å²) in [6, 6.07) is 14.2. The number of nitrogens with zero attached hydrogens (tertiary/aromatic N) is 1. The van der Waals surface area contributed by atoms with Gasteiger partial charge in [-0.05, 0) is 61.6 Å². The summed E-state index contributed by atoms with van der Waals surface area (Å²) in [6.07, 6.45) is 2.99. The Morgan fingerprint density at radius 2 is 1.82 bits per heavy atom. The van der Waals surface area contributed by atoms with Crippen molar-refractivity contribution in [2.45, 2.75) is 32.7 Å². The third-order valence-electron chi connectivity index (χ3n) is 5.38. The molecule has 3 aromatic rings. The molecule has 0 saturated carbocycles. The standard InChI is InChI=1S/C23H20ClNO3/c1-14-5-4-6-18(24)21(14)22(26)20-13-17(19-7-2-3-12-25(19)20)15-8-10-16(11-9-15)23(27)28/h4-6,8-11,13H,2-3,7,12H2,1H3,(H,27,28). The Labute approximate surface area is 168 Å². The summed E-state index contributed by atoms with van der Waals surface area (Å²) >= 11 is 6.34. The van der Waals surface area contributed by atoms with Crippen LogP contribution in [-0.2, 0) is 13.0 Å². The highest BCUT2D eigenvalue weighted by Gasteiger charge is 2.25. The molecule has 0 radical (unpaired) electrons. The molecule has 2 heterocycles. The quantitative estimate of drug-likeness (QED) is 0.605. The first-order chi connectivity index (χ1) is 13.5. The Morgan fingerprint density at radius 3 is 2.50 bits per heavy atom. The van der Waals surface area contributed by atoms with Crippen molar-refractivity contribution in [3.8, 4) is 11.1 Å². The van der Waals surface area contributed by atoms with Gasteiger partial charge in [0.2, 0.25) is 5.78 Å². The Bertz CT molecular complexity index is 1060. The summed E-state index contributed by atoms with van der Waals surface area (Å²) in [6.45, 7) is 2.69. The van der Waals surface area contributed by atoms with Crippen LogP contribution in [0.3, 0.4) is 0 Å². The molecule has 0 fully saturated rings. The van der Waals surface area contributed by atoms with Gasteiger partial charge in [0.25, 0.3) is 0 Å². The number of carboxylic acid groups (broad SMARTS) is 1. The van der Waals surface area contributed by atoms with Gasteiger partial charge in [-0.15, -0.1) is 0 Å². The van der Waals surface area contributed by atoms with Crippen molar-refractivity contribution in [1.29, 1.82) is 0 Å². The van der Waals surface area contributed by atoms with Crippen LogP contribution in [0.25, 0.3) is 11.1 Å². The molecule has 2 aromatic carbocycles. The van der Waals surface area contributed by atoms with Gasteiger partial charge in [0.15, 0.2) is 0 Å². The predicted molar refractivity (Wildman–Crippen MR) is 109 cm³/mol. The number of aromatic carboxylic acids is 1. The molecule has 0 amide bonds. The lowest BCUT2D eigenvalue weighted by molar-refractivity contribution is 0.0696. The van der Waals surface area contributed by atoms with Gasteiger partial charge in [-0.1, -0.05) is 35.9 Å².